The summed E-state index contributed by atoms with van der Waals surface area (Å²) in [6.07, 6.45) is 1.25. The Morgan fingerprint density at radius 2 is 2.19 bits per heavy atom. The second-order valence-corrected chi connectivity index (χ2v) is 5.03. The summed E-state index contributed by atoms with van der Waals surface area (Å²) in [5.41, 5.74) is 0.854. The van der Waals surface area contributed by atoms with E-state index in [0.717, 1.165) is 5.56 Å². The third-order valence-electron chi connectivity index (χ3n) is 2.64. The lowest BCUT2D eigenvalue weighted by Gasteiger charge is -2.13. The minimum Gasteiger partial charge on any atom is -0.484 e. The van der Waals surface area contributed by atoms with Crippen molar-refractivity contribution in [1.82, 2.24) is 15.5 Å². The number of nitrogens with zero attached hydrogens (tertiary/aromatic N) is 2. The molecule has 0 atom stereocenters. The Morgan fingerprint density at radius 1 is 1.33 bits per heavy atom. The minimum absolute atomic E-state index is 0.170. The van der Waals surface area contributed by atoms with Crippen LogP contribution in [0, 0.1) is 0 Å². The van der Waals surface area contributed by atoms with Crippen LogP contribution in [-0.2, 0) is 17.9 Å². The maximum Gasteiger partial charge on any atom is 0.213 e. The molecule has 2 rings (SSSR count). The number of methoxy groups -OCH3 is 1. The topological polar surface area (TPSA) is 69.4 Å². The fourth-order valence-corrected chi connectivity index (χ4v) is 2.29. The van der Waals surface area contributed by atoms with Gasteiger partial charge < -0.3 is 19.3 Å². The van der Waals surface area contributed by atoms with Crippen LogP contribution >= 0.6 is 23.2 Å². The zero-order valence-electron chi connectivity index (χ0n) is 11.4. The molecule has 0 aliphatic carbocycles. The summed E-state index contributed by atoms with van der Waals surface area (Å²) in [4.78, 5) is 3.89. The molecule has 0 aliphatic rings. The Labute approximate surface area is 132 Å². The van der Waals surface area contributed by atoms with E-state index in [9.17, 15) is 0 Å². The predicted molar refractivity (Wildman–Crippen MR) is 78.7 cm³/mol. The van der Waals surface area contributed by atoms with E-state index in [0.29, 0.717) is 41.3 Å². The van der Waals surface area contributed by atoms with Gasteiger partial charge in [-0.25, -0.2) is 0 Å². The van der Waals surface area contributed by atoms with Gasteiger partial charge in [-0.2, -0.15) is 4.98 Å². The highest BCUT2D eigenvalue weighted by atomic mass is 35.5. The van der Waals surface area contributed by atoms with Crippen molar-refractivity contribution in [2.24, 2.45) is 0 Å². The first-order chi connectivity index (χ1) is 10.2. The summed E-state index contributed by atoms with van der Waals surface area (Å²) in [7, 11) is 1.65. The normalized spacial score (nSPS) is 10.8. The molecular weight excluding hydrogens is 317 g/mol. The Balaban J connectivity index is 2.06. The van der Waals surface area contributed by atoms with Crippen LogP contribution in [0.15, 0.2) is 23.0 Å². The van der Waals surface area contributed by atoms with Crippen molar-refractivity contribution in [3.63, 3.8) is 0 Å². The summed E-state index contributed by atoms with van der Waals surface area (Å²) in [5.74, 6) is 0.995. The van der Waals surface area contributed by atoms with Crippen molar-refractivity contribution in [2.45, 2.75) is 13.2 Å². The quantitative estimate of drug-likeness (QED) is 0.750. The molecule has 1 N–H and O–H groups in total. The number of hydrogen-bond donors (Lipinski definition) is 1. The summed E-state index contributed by atoms with van der Waals surface area (Å²) < 4.78 is 15.3. The summed E-state index contributed by atoms with van der Waals surface area (Å²) >= 11 is 12.2. The van der Waals surface area contributed by atoms with Crippen LogP contribution in [0.4, 0.5) is 0 Å². The number of halogens is 2. The number of hydrogen-bond acceptors (Lipinski definition) is 6. The van der Waals surface area contributed by atoms with Crippen LogP contribution < -0.4 is 10.1 Å². The summed E-state index contributed by atoms with van der Waals surface area (Å²) in [6.45, 7) is 2.06. The van der Waals surface area contributed by atoms with Crippen molar-refractivity contribution < 1.29 is 14.0 Å². The van der Waals surface area contributed by atoms with Crippen molar-refractivity contribution >= 4 is 23.2 Å². The van der Waals surface area contributed by atoms with Gasteiger partial charge in [0.15, 0.2) is 6.61 Å². The molecule has 2 aromatic rings. The highest BCUT2D eigenvalue weighted by Crippen LogP contribution is 2.32. The number of aromatic nitrogens is 2. The SMILES string of the molecule is COCCNCc1cc(Cl)cc(Cl)c1OCc1ncon1. The van der Waals surface area contributed by atoms with E-state index < -0.39 is 0 Å². The van der Waals surface area contributed by atoms with Crippen LogP contribution in [0.5, 0.6) is 5.75 Å². The first-order valence-corrected chi connectivity index (χ1v) is 7.02. The molecule has 1 aromatic heterocycles. The number of rotatable bonds is 8. The van der Waals surface area contributed by atoms with E-state index in [1.54, 1.807) is 19.2 Å². The van der Waals surface area contributed by atoms with Gasteiger partial charge in [0, 0.05) is 30.8 Å². The first-order valence-electron chi connectivity index (χ1n) is 6.26. The molecule has 0 amide bonds. The Morgan fingerprint density at radius 3 is 2.90 bits per heavy atom. The lowest BCUT2D eigenvalue weighted by atomic mass is 10.2. The van der Waals surface area contributed by atoms with E-state index in [2.05, 4.69) is 20.0 Å². The predicted octanol–water partition coefficient (Wildman–Crippen LogP) is 2.69. The third-order valence-corrected chi connectivity index (χ3v) is 3.14. The maximum absolute atomic E-state index is 6.19. The van der Waals surface area contributed by atoms with Crippen LogP contribution in [0.25, 0.3) is 0 Å². The van der Waals surface area contributed by atoms with Crippen LogP contribution in [0.2, 0.25) is 10.0 Å². The Bertz CT molecular complexity index is 564. The molecule has 0 saturated carbocycles. The second-order valence-electron chi connectivity index (χ2n) is 4.18. The van der Waals surface area contributed by atoms with E-state index in [4.69, 9.17) is 32.7 Å². The second kappa shape index (κ2) is 8.19. The smallest absolute Gasteiger partial charge is 0.213 e. The average molecular weight is 332 g/mol. The van der Waals surface area contributed by atoms with Crippen molar-refractivity contribution in [3.8, 4) is 5.75 Å². The number of nitrogens with one attached hydrogen (secondary N) is 1. The molecular formula is C13H15Cl2N3O3. The molecule has 0 bridgehead atoms. The van der Waals surface area contributed by atoms with E-state index in [1.165, 1.54) is 6.39 Å². The Hall–Kier alpha value is -1.34. The molecule has 0 unspecified atom stereocenters. The standard InChI is InChI=1S/C13H15Cl2N3O3/c1-19-3-2-16-6-9-4-10(14)5-11(15)13(9)20-7-12-17-8-21-18-12/h4-5,8,16H,2-3,6-7H2,1H3. The maximum atomic E-state index is 6.19. The molecule has 0 spiro atoms. The number of ether oxygens (including phenoxy) is 2. The minimum atomic E-state index is 0.170. The molecule has 1 heterocycles. The van der Waals surface area contributed by atoms with Crippen LogP contribution in [0.3, 0.4) is 0 Å². The molecule has 21 heavy (non-hydrogen) atoms. The first kappa shape index (κ1) is 16.0. The summed E-state index contributed by atoms with van der Waals surface area (Å²) in [6, 6.07) is 3.44. The largest absolute Gasteiger partial charge is 0.484 e. The van der Waals surface area contributed by atoms with E-state index >= 15 is 0 Å². The molecule has 0 radical (unpaired) electrons. The highest BCUT2D eigenvalue weighted by molar-refractivity contribution is 6.35. The van der Waals surface area contributed by atoms with Gasteiger partial charge in [-0.3, -0.25) is 0 Å². The van der Waals surface area contributed by atoms with Gasteiger partial charge in [0.1, 0.15) is 5.75 Å². The van der Waals surface area contributed by atoms with Gasteiger partial charge in [-0.1, -0.05) is 28.4 Å². The highest BCUT2D eigenvalue weighted by Gasteiger charge is 2.12. The fourth-order valence-electron chi connectivity index (χ4n) is 1.70. The van der Waals surface area contributed by atoms with E-state index in [-0.39, 0.29) is 6.61 Å². The zero-order valence-corrected chi connectivity index (χ0v) is 12.9. The molecule has 114 valence electrons. The fraction of sp³-hybridized carbons (Fsp3) is 0.385. The van der Waals surface area contributed by atoms with Gasteiger partial charge in [0.2, 0.25) is 12.2 Å². The van der Waals surface area contributed by atoms with Gasteiger partial charge in [-0.05, 0) is 12.1 Å². The molecule has 6 nitrogen and oxygen atoms in total. The molecule has 1 aromatic carbocycles. The van der Waals surface area contributed by atoms with Gasteiger partial charge in [0.05, 0.1) is 11.6 Å². The molecule has 0 saturated heterocycles. The third kappa shape index (κ3) is 4.86. The molecule has 0 aliphatic heterocycles. The van der Waals surface area contributed by atoms with E-state index in [1.807, 2.05) is 0 Å². The van der Waals surface area contributed by atoms with Crippen LogP contribution in [-0.4, -0.2) is 30.4 Å². The van der Waals surface area contributed by atoms with Crippen molar-refractivity contribution in [2.75, 3.05) is 20.3 Å². The lowest BCUT2D eigenvalue weighted by Crippen LogP contribution is -2.19. The Kier molecular flexibility index (Phi) is 6.25. The summed E-state index contributed by atoms with van der Waals surface area (Å²) in [5, 5.41) is 7.89. The molecule has 0 fully saturated rings. The van der Waals surface area contributed by atoms with Crippen LogP contribution in [0.1, 0.15) is 11.4 Å². The van der Waals surface area contributed by atoms with Gasteiger partial charge in [-0.15, -0.1) is 0 Å². The van der Waals surface area contributed by atoms with Crippen molar-refractivity contribution in [1.29, 1.82) is 0 Å². The van der Waals surface area contributed by atoms with Crippen molar-refractivity contribution in [3.05, 3.63) is 40.0 Å². The lowest BCUT2D eigenvalue weighted by molar-refractivity contribution is 0.199. The zero-order chi connectivity index (χ0) is 15.1. The molecule has 8 heteroatoms. The van der Waals surface area contributed by atoms with Gasteiger partial charge >= 0.3 is 0 Å². The van der Waals surface area contributed by atoms with Gasteiger partial charge in [0.25, 0.3) is 0 Å². The number of benzene rings is 1. The monoisotopic (exact) mass is 331 g/mol. The average Bonchev–Trinajstić information content (AvgIpc) is 2.95.